The molecule has 0 N–H and O–H groups in total. The molecule has 7 nitrogen and oxygen atoms in total. The van der Waals surface area contributed by atoms with Crippen molar-refractivity contribution in [2.24, 2.45) is 0 Å². The van der Waals surface area contributed by atoms with Crippen LogP contribution in [0.1, 0.15) is 116 Å². The summed E-state index contributed by atoms with van der Waals surface area (Å²) in [5.74, 6) is 0. The summed E-state index contributed by atoms with van der Waals surface area (Å²) in [6.45, 7) is 3.83. The van der Waals surface area contributed by atoms with Crippen molar-refractivity contribution in [1.29, 1.82) is 0 Å². The summed E-state index contributed by atoms with van der Waals surface area (Å²) in [5, 5.41) is 0. The Hall–Kier alpha value is -0.0100. The first kappa shape index (κ1) is 36.0. The van der Waals surface area contributed by atoms with E-state index in [9.17, 15) is 9.46 Å². The van der Waals surface area contributed by atoms with Gasteiger partial charge < -0.3 is 27.9 Å². The van der Waals surface area contributed by atoms with E-state index in [0.717, 1.165) is 6.42 Å². The minimum Gasteiger partial charge on any atom is -0.756 e. The first-order valence-electron chi connectivity index (χ1n) is 14.7. The number of methoxy groups -OCH3 is 1. The van der Waals surface area contributed by atoms with Gasteiger partial charge in [0.1, 0.15) is 19.3 Å². The van der Waals surface area contributed by atoms with Gasteiger partial charge in [0.2, 0.25) is 0 Å². The van der Waals surface area contributed by atoms with Gasteiger partial charge in [-0.3, -0.25) is 4.57 Å². The molecule has 0 aromatic heterocycles. The van der Waals surface area contributed by atoms with Gasteiger partial charge in [-0.15, -0.1) is 0 Å². The highest BCUT2D eigenvalue weighted by atomic mass is 31.2. The van der Waals surface area contributed by atoms with Crippen molar-refractivity contribution in [3.05, 3.63) is 0 Å². The molecule has 0 aliphatic rings. The fourth-order valence-corrected chi connectivity index (χ4v) is 4.69. The van der Waals surface area contributed by atoms with Crippen LogP contribution >= 0.6 is 7.82 Å². The van der Waals surface area contributed by atoms with E-state index in [1.165, 1.54) is 110 Å². The highest BCUT2D eigenvalue weighted by molar-refractivity contribution is 7.45. The van der Waals surface area contributed by atoms with Crippen molar-refractivity contribution < 1.29 is 32.5 Å². The number of nitrogens with zero attached hydrogens (tertiary/aromatic N) is 1. The van der Waals surface area contributed by atoms with Gasteiger partial charge in [-0.2, -0.15) is 0 Å². The molecule has 0 amide bonds. The number of rotatable bonds is 28. The number of likely N-dealkylation sites (N-methyl/N-ethyl adjacent to an activating group) is 1. The van der Waals surface area contributed by atoms with Gasteiger partial charge in [-0.1, -0.05) is 110 Å². The molecule has 0 saturated heterocycles. The zero-order chi connectivity index (χ0) is 27.0. The Balaban J connectivity index is 3.46. The fraction of sp³-hybridized carbons (Fsp3) is 1.00. The third-order valence-electron chi connectivity index (χ3n) is 6.46. The number of hydrogen-bond acceptors (Lipinski definition) is 6. The summed E-state index contributed by atoms with van der Waals surface area (Å²) in [5.41, 5.74) is 0. The Labute approximate surface area is 223 Å². The van der Waals surface area contributed by atoms with Crippen LogP contribution in [0, 0.1) is 0 Å². The molecular formula is C28H60NO6P. The van der Waals surface area contributed by atoms with Crippen LogP contribution in [0.3, 0.4) is 0 Å². The second-order valence-corrected chi connectivity index (χ2v) is 12.6. The summed E-state index contributed by atoms with van der Waals surface area (Å²) < 4.78 is 33.3. The Morgan fingerprint density at radius 1 is 0.667 bits per heavy atom. The maximum atomic E-state index is 11.9. The van der Waals surface area contributed by atoms with Crippen molar-refractivity contribution in [2.45, 2.75) is 122 Å². The Bertz CT molecular complexity index is 515. The average Bonchev–Trinajstić information content (AvgIpc) is 2.81. The summed E-state index contributed by atoms with van der Waals surface area (Å²) in [6, 6.07) is 0. The fourth-order valence-electron chi connectivity index (χ4n) is 3.97. The number of ether oxygens (including phenoxy) is 2. The van der Waals surface area contributed by atoms with Crippen molar-refractivity contribution in [3.63, 3.8) is 0 Å². The minimum absolute atomic E-state index is 0.0950. The van der Waals surface area contributed by atoms with Crippen LogP contribution in [0.25, 0.3) is 0 Å². The lowest BCUT2D eigenvalue weighted by atomic mass is 10.0. The average molecular weight is 538 g/mol. The van der Waals surface area contributed by atoms with E-state index >= 15 is 0 Å². The van der Waals surface area contributed by atoms with Gasteiger partial charge in [0.25, 0.3) is 7.82 Å². The molecule has 0 radical (unpaired) electrons. The van der Waals surface area contributed by atoms with Crippen LogP contribution in [0.5, 0.6) is 0 Å². The van der Waals surface area contributed by atoms with Crippen molar-refractivity contribution >= 4 is 7.82 Å². The van der Waals surface area contributed by atoms with E-state index in [2.05, 4.69) is 6.92 Å². The molecular weight excluding hydrogens is 477 g/mol. The third-order valence-corrected chi connectivity index (χ3v) is 7.42. The molecule has 0 aromatic carbocycles. The highest BCUT2D eigenvalue weighted by Gasteiger charge is 2.16. The van der Waals surface area contributed by atoms with Gasteiger partial charge in [0.15, 0.2) is 0 Å². The normalized spacial score (nSPS) is 14.7. The van der Waals surface area contributed by atoms with Gasteiger partial charge in [-0.05, 0) is 6.42 Å². The van der Waals surface area contributed by atoms with Crippen LogP contribution in [-0.2, 0) is 23.1 Å². The van der Waals surface area contributed by atoms with E-state index in [1.54, 1.807) is 0 Å². The summed E-state index contributed by atoms with van der Waals surface area (Å²) in [6.07, 6.45) is 22.5. The number of unbranched alkanes of at least 4 members (excludes halogenated alkanes) is 16. The molecule has 2 unspecified atom stereocenters. The molecule has 0 rings (SSSR count). The topological polar surface area (TPSA) is 77.1 Å². The van der Waals surface area contributed by atoms with Crippen LogP contribution in [0.15, 0.2) is 0 Å². The smallest absolute Gasteiger partial charge is 0.268 e. The van der Waals surface area contributed by atoms with Crippen LogP contribution in [0.2, 0.25) is 0 Å². The predicted molar refractivity (Wildman–Crippen MR) is 148 cm³/mol. The second-order valence-electron chi connectivity index (χ2n) is 11.2. The third kappa shape index (κ3) is 27.0. The predicted octanol–water partition coefficient (Wildman–Crippen LogP) is 6.88. The van der Waals surface area contributed by atoms with Gasteiger partial charge in [-0.25, -0.2) is 0 Å². The van der Waals surface area contributed by atoms with Crippen LogP contribution in [0.4, 0.5) is 0 Å². The quantitative estimate of drug-likeness (QED) is 0.0615. The number of hydrogen-bond donors (Lipinski definition) is 0. The van der Waals surface area contributed by atoms with Crippen molar-refractivity contribution in [1.82, 2.24) is 0 Å². The Kier molecular flexibility index (Phi) is 24.1. The van der Waals surface area contributed by atoms with Crippen LogP contribution < -0.4 is 4.89 Å². The first-order valence-corrected chi connectivity index (χ1v) is 16.2. The summed E-state index contributed by atoms with van der Waals surface area (Å²) in [7, 11) is 3.12. The molecule has 0 aliphatic heterocycles. The van der Waals surface area contributed by atoms with E-state index < -0.39 is 13.9 Å². The molecule has 36 heavy (non-hydrogen) atoms. The lowest BCUT2D eigenvalue weighted by Gasteiger charge is -2.28. The Morgan fingerprint density at radius 3 is 1.53 bits per heavy atom. The molecule has 0 bridgehead atoms. The first-order chi connectivity index (χ1) is 17.2. The van der Waals surface area contributed by atoms with Gasteiger partial charge in [0.05, 0.1) is 34.4 Å². The standard InChI is InChI=1S/C28H60NO6P/c1-6-7-8-9-10-11-12-13-14-15-16-17-18-19-20-21-22-24-33-26-28(32-5)27-35-36(30,31)34-25-23-29(2,3)4/h28H,6-27H2,1-5H3. The molecule has 2 atom stereocenters. The molecule has 8 heteroatoms. The van der Waals surface area contributed by atoms with Gasteiger partial charge in [0, 0.05) is 13.7 Å². The largest absolute Gasteiger partial charge is 0.756 e. The van der Waals surface area contributed by atoms with E-state index in [4.69, 9.17) is 18.5 Å². The monoisotopic (exact) mass is 537 g/mol. The molecule has 0 heterocycles. The zero-order valence-electron chi connectivity index (χ0n) is 24.5. The van der Waals surface area contributed by atoms with E-state index in [-0.39, 0.29) is 13.2 Å². The molecule has 0 fully saturated rings. The molecule has 0 aromatic rings. The molecule has 0 spiro atoms. The highest BCUT2D eigenvalue weighted by Crippen LogP contribution is 2.38. The van der Waals surface area contributed by atoms with E-state index in [0.29, 0.717) is 24.2 Å². The van der Waals surface area contributed by atoms with Crippen LogP contribution in [-0.4, -0.2) is 71.8 Å². The summed E-state index contributed by atoms with van der Waals surface area (Å²) >= 11 is 0. The Morgan fingerprint density at radius 2 is 1.11 bits per heavy atom. The van der Waals surface area contributed by atoms with Gasteiger partial charge >= 0.3 is 0 Å². The van der Waals surface area contributed by atoms with Crippen molar-refractivity contribution in [3.8, 4) is 0 Å². The minimum atomic E-state index is -4.32. The van der Waals surface area contributed by atoms with E-state index in [1.807, 2.05) is 21.1 Å². The lowest BCUT2D eigenvalue weighted by Crippen LogP contribution is -2.37. The zero-order valence-corrected chi connectivity index (χ0v) is 25.4. The molecule has 218 valence electrons. The number of phosphoric acid groups is 1. The summed E-state index contributed by atoms with van der Waals surface area (Å²) in [4.78, 5) is 11.9. The number of phosphoric ester groups is 1. The molecule has 0 aliphatic carbocycles. The SMILES string of the molecule is CCCCCCCCCCCCCCCCCCCOCC(COP(=O)([O-])OCC[N+](C)(C)C)OC. The van der Waals surface area contributed by atoms with Crippen molar-refractivity contribution in [2.75, 3.05) is 61.2 Å². The second kappa shape index (κ2) is 24.1. The molecule has 0 saturated carbocycles. The number of quaternary nitrogens is 1. The maximum absolute atomic E-state index is 11.9. The maximum Gasteiger partial charge on any atom is 0.268 e. The lowest BCUT2D eigenvalue weighted by molar-refractivity contribution is -0.870.